The first-order valence-corrected chi connectivity index (χ1v) is 6.98. The van der Waals surface area contributed by atoms with Crippen LogP contribution in [0.25, 0.3) is 5.69 Å². The fourth-order valence-electron chi connectivity index (χ4n) is 1.82. The smallest absolute Gasteiger partial charge is 0.150 e. The van der Waals surface area contributed by atoms with Gasteiger partial charge in [0.25, 0.3) is 0 Å². The number of hydrogen-bond acceptors (Lipinski definition) is 3. The number of aryl methyl sites for hydroxylation is 1. The van der Waals surface area contributed by atoms with Gasteiger partial charge in [0.1, 0.15) is 11.5 Å². The Hall–Kier alpha value is -1.27. The number of benzene rings is 1. The highest BCUT2D eigenvalue weighted by Crippen LogP contribution is 2.23. The molecule has 0 unspecified atom stereocenters. The first-order valence-electron chi connectivity index (χ1n) is 6.19. The number of unbranched alkanes of at least 4 members (excludes halogenated alkanes) is 2. The van der Waals surface area contributed by atoms with E-state index in [0.717, 1.165) is 31.4 Å². The Morgan fingerprint density at radius 2 is 2.11 bits per heavy atom. The summed E-state index contributed by atoms with van der Waals surface area (Å²) in [4.78, 5) is 0. The molecule has 19 heavy (non-hydrogen) atoms. The third-order valence-corrected chi connectivity index (χ3v) is 3.44. The molecule has 1 heterocycles. The summed E-state index contributed by atoms with van der Waals surface area (Å²) < 4.78 is 15.8. The minimum atomic E-state index is -0.342. The molecule has 0 spiro atoms. The molecular weight excluding hydrogens is 313 g/mol. The molecule has 0 atom stereocenters. The largest absolute Gasteiger partial charge is 0.396 e. The Morgan fingerprint density at radius 3 is 2.84 bits per heavy atom. The predicted octanol–water partition coefficient (Wildman–Crippen LogP) is 2.87. The van der Waals surface area contributed by atoms with Crippen molar-refractivity contribution in [2.45, 2.75) is 25.7 Å². The van der Waals surface area contributed by atoms with Crippen LogP contribution in [0.5, 0.6) is 0 Å². The Labute approximate surface area is 119 Å². The average molecular weight is 328 g/mol. The molecule has 0 amide bonds. The van der Waals surface area contributed by atoms with E-state index in [1.54, 1.807) is 18.3 Å². The van der Waals surface area contributed by atoms with Gasteiger partial charge in [-0.25, -0.2) is 9.07 Å². The highest BCUT2D eigenvalue weighted by atomic mass is 79.9. The molecule has 4 nitrogen and oxygen atoms in total. The van der Waals surface area contributed by atoms with Gasteiger partial charge in [0.2, 0.25) is 0 Å². The van der Waals surface area contributed by atoms with Gasteiger partial charge in [0, 0.05) is 11.1 Å². The maximum atomic E-state index is 13.8. The van der Waals surface area contributed by atoms with Gasteiger partial charge in [0.15, 0.2) is 0 Å². The Bertz CT molecular complexity index is 524. The number of aliphatic hydroxyl groups is 1. The summed E-state index contributed by atoms with van der Waals surface area (Å²) in [6.45, 7) is 0.217. The monoisotopic (exact) mass is 327 g/mol. The van der Waals surface area contributed by atoms with Crippen molar-refractivity contribution in [3.63, 3.8) is 0 Å². The maximum absolute atomic E-state index is 13.8. The van der Waals surface area contributed by atoms with E-state index in [4.69, 9.17) is 5.11 Å². The first kappa shape index (κ1) is 14.1. The topological polar surface area (TPSA) is 50.9 Å². The second-order valence-electron chi connectivity index (χ2n) is 4.26. The van der Waals surface area contributed by atoms with E-state index in [1.807, 2.05) is 0 Å². The van der Waals surface area contributed by atoms with Crippen molar-refractivity contribution in [3.8, 4) is 5.69 Å². The van der Waals surface area contributed by atoms with E-state index in [2.05, 4.69) is 26.2 Å². The second kappa shape index (κ2) is 6.77. The van der Waals surface area contributed by atoms with E-state index in [0.29, 0.717) is 10.2 Å². The molecule has 0 saturated carbocycles. The molecule has 0 aliphatic rings. The van der Waals surface area contributed by atoms with Crippen LogP contribution in [-0.4, -0.2) is 26.7 Å². The van der Waals surface area contributed by atoms with Crippen molar-refractivity contribution in [3.05, 3.63) is 40.4 Å². The van der Waals surface area contributed by atoms with Crippen molar-refractivity contribution in [2.75, 3.05) is 6.61 Å². The summed E-state index contributed by atoms with van der Waals surface area (Å²) in [5, 5.41) is 16.7. The highest BCUT2D eigenvalue weighted by molar-refractivity contribution is 9.10. The van der Waals surface area contributed by atoms with Gasteiger partial charge in [-0.15, -0.1) is 5.10 Å². The molecular formula is C13H15BrFN3O. The van der Waals surface area contributed by atoms with E-state index in [-0.39, 0.29) is 12.4 Å². The second-order valence-corrected chi connectivity index (χ2v) is 5.11. The third kappa shape index (κ3) is 3.61. The Morgan fingerprint density at radius 1 is 1.26 bits per heavy atom. The molecule has 0 bridgehead atoms. The number of para-hydroxylation sites is 1. The van der Waals surface area contributed by atoms with Gasteiger partial charge in [-0.05, 0) is 47.3 Å². The summed E-state index contributed by atoms with van der Waals surface area (Å²) in [5.74, 6) is -0.342. The number of aliphatic hydroxyl groups excluding tert-OH is 1. The van der Waals surface area contributed by atoms with Crippen molar-refractivity contribution < 1.29 is 9.50 Å². The minimum Gasteiger partial charge on any atom is -0.396 e. The fourth-order valence-corrected chi connectivity index (χ4v) is 2.35. The van der Waals surface area contributed by atoms with Gasteiger partial charge < -0.3 is 5.11 Å². The number of rotatable bonds is 6. The van der Waals surface area contributed by atoms with Crippen LogP contribution >= 0.6 is 15.9 Å². The zero-order chi connectivity index (χ0) is 13.7. The molecule has 1 aromatic heterocycles. The fraction of sp³-hybridized carbons (Fsp3) is 0.385. The van der Waals surface area contributed by atoms with Gasteiger partial charge in [0.05, 0.1) is 11.9 Å². The molecule has 0 radical (unpaired) electrons. The molecule has 0 fully saturated rings. The lowest BCUT2D eigenvalue weighted by Gasteiger charge is -2.04. The van der Waals surface area contributed by atoms with Gasteiger partial charge in [-0.1, -0.05) is 17.7 Å². The molecule has 2 rings (SSSR count). The normalized spacial score (nSPS) is 10.9. The van der Waals surface area contributed by atoms with Gasteiger partial charge in [-0.3, -0.25) is 0 Å². The number of halogens is 2. The van der Waals surface area contributed by atoms with E-state index < -0.39 is 0 Å². The SMILES string of the molecule is OCCCCCc1cn(-c2c(F)cccc2Br)nn1. The summed E-state index contributed by atoms with van der Waals surface area (Å²) in [5.41, 5.74) is 1.20. The Balaban J connectivity index is 2.08. The molecule has 2 aromatic rings. The van der Waals surface area contributed by atoms with E-state index >= 15 is 0 Å². The van der Waals surface area contributed by atoms with Crippen molar-refractivity contribution >= 4 is 15.9 Å². The zero-order valence-electron chi connectivity index (χ0n) is 10.4. The van der Waals surface area contributed by atoms with Gasteiger partial charge in [-0.2, -0.15) is 0 Å². The van der Waals surface area contributed by atoms with Crippen LogP contribution in [0.15, 0.2) is 28.9 Å². The average Bonchev–Trinajstić information content (AvgIpc) is 2.83. The van der Waals surface area contributed by atoms with Crippen LogP contribution in [0, 0.1) is 5.82 Å². The molecule has 6 heteroatoms. The lowest BCUT2D eigenvalue weighted by atomic mass is 10.2. The minimum absolute atomic E-state index is 0.217. The number of hydrogen-bond donors (Lipinski definition) is 1. The molecule has 0 saturated heterocycles. The predicted molar refractivity (Wildman–Crippen MR) is 73.7 cm³/mol. The van der Waals surface area contributed by atoms with Crippen molar-refractivity contribution in [1.29, 1.82) is 0 Å². The number of aromatic nitrogens is 3. The van der Waals surface area contributed by atoms with Crippen LogP contribution in [0.4, 0.5) is 4.39 Å². The van der Waals surface area contributed by atoms with Crippen LogP contribution in [-0.2, 0) is 6.42 Å². The van der Waals surface area contributed by atoms with Crippen LogP contribution in [0.2, 0.25) is 0 Å². The highest BCUT2D eigenvalue weighted by Gasteiger charge is 2.11. The van der Waals surface area contributed by atoms with Crippen LogP contribution in [0.3, 0.4) is 0 Å². The Kier molecular flexibility index (Phi) is 5.04. The molecule has 1 aromatic carbocycles. The van der Waals surface area contributed by atoms with Crippen molar-refractivity contribution in [1.82, 2.24) is 15.0 Å². The molecule has 102 valence electrons. The zero-order valence-corrected chi connectivity index (χ0v) is 12.0. The summed E-state index contributed by atoms with van der Waals surface area (Å²) in [6.07, 6.45) is 5.21. The first-order chi connectivity index (χ1) is 9.22. The summed E-state index contributed by atoms with van der Waals surface area (Å²) in [6, 6.07) is 4.79. The van der Waals surface area contributed by atoms with E-state index in [9.17, 15) is 4.39 Å². The third-order valence-electron chi connectivity index (χ3n) is 2.80. The maximum Gasteiger partial charge on any atom is 0.150 e. The van der Waals surface area contributed by atoms with Crippen molar-refractivity contribution in [2.24, 2.45) is 0 Å². The van der Waals surface area contributed by atoms with Gasteiger partial charge >= 0.3 is 0 Å². The standard InChI is InChI=1S/C13H15BrFN3O/c14-11-6-4-7-12(15)13(11)18-9-10(16-17-18)5-2-1-3-8-19/h4,6-7,9,19H,1-3,5,8H2. The molecule has 1 N–H and O–H groups in total. The number of nitrogens with zero attached hydrogens (tertiary/aromatic N) is 3. The lowest BCUT2D eigenvalue weighted by molar-refractivity contribution is 0.283. The quantitative estimate of drug-likeness (QED) is 0.830. The van der Waals surface area contributed by atoms with Crippen LogP contribution in [0.1, 0.15) is 25.0 Å². The molecule has 0 aliphatic heterocycles. The molecule has 0 aliphatic carbocycles. The lowest BCUT2D eigenvalue weighted by Crippen LogP contribution is -1.99. The van der Waals surface area contributed by atoms with Crippen LogP contribution < -0.4 is 0 Å². The summed E-state index contributed by atoms with van der Waals surface area (Å²) in [7, 11) is 0. The summed E-state index contributed by atoms with van der Waals surface area (Å²) >= 11 is 3.31. The van der Waals surface area contributed by atoms with E-state index in [1.165, 1.54) is 10.7 Å².